The standard InChI is InChI=1S/C37H27NS/c1-3-28-35-33-26(13-6-16-30(33)39-31-17-7-15-29(38-28)34(31)35)27-19-18-25-23-12-5-10-21-9-4-11-22(32(21)23)24-14-8-20-37(27,2)36(24)25/h4-20,27,35H,3H2,1-2H3. The van der Waals surface area contributed by atoms with Crippen LogP contribution in [-0.2, 0) is 5.41 Å². The number of hydrogen-bond acceptors (Lipinski definition) is 2. The summed E-state index contributed by atoms with van der Waals surface area (Å²) < 4.78 is 0. The molecular weight excluding hydrogens is 490 g/mol. The van der Waals surface area contributed by atoms with Crippen molar-refractivity contribution in [1.82, 2.24) is 0 Å². The second kappa shape index (κ2) is 7.61. The molecule has 0 fully saturated rings. The van der Waals surface area contributed by atoms with Crippen molar-refractivity contribution in [2.75, 3.05) is 0 Å². The van der Waals surface area contributed by atoms with Gasteiger partial charge in [-0.15, -0.1) is 0 Å². The van der Waals surface area contributed by atoms with E-state index in [4.69, 9.17) is 4.99 Å². The third kappa shape index (κ3) is 2.70. The molecule has 0 saturated carbocycles. The molecule has 2 heterocycles. The number of nitrogens with zero attached hydrogens (tertiary/aromatic N) is 1. The number of fused-ring (bicyclic) bond motifs is 4. The number of rotatable bonds is 2. The van der Waals surface area contributed by atoms with Crippen molar-refractivity contribution >= 4 is 56.9 Å². The molecule has 3 atom stereocenters. The average Bonchev–Trinajstić information content (AvgIpc) is 3.35. The lowest BCUT2D eigenvalue weighted by atomic mass is 9.61. The van der Waals surface area contributed by atoms with Gasteiger partial charge in [0.25, 0.3) is 0 Å². The molecule has 4 aliphatic rings. The van der Waals surface area contributed by atoms with Gasteiger partial charge in [-0.2, -0.15) is 0 Å². The first-order chi connectivity index (χ1) is 19.2. The molecule has 0 spiro atoms. The van der Waals surface area contributed by atoms with E-state index in [0.29, 0.717) is 0 Å². The second-order valence-electron chi connectivity index (χ2n) is 11.5. The van der Waals surface area contributed by atoms with Crippen LogP contribution in [0.1, 0.15) is 59.9 Å². The molecule has 9 rings (SSSR count). The Balaban J connectivity index is 1.32. The van der Waals surface area contributed by atoms with Crippen LogP contribution < -0.4 is 5.22 Å². The van der Waals surface area contributed by atoms with E-state index in [9.17, 15) is 0 Å². The average molecular weight is 518 g/mol. The number of allylic oxidation sites excluding steroid dienone is 3. The Labute approximate surface area is 232 Å². The summed E-state index contributed by atoms with van der Waals surface area (Å²) >= 11 is 1.92. The first-order valence-electron chi connectivity index (χ1n) is 14.0. The Bertz CT molecular complexity index is 2050. The van der Waals surface area contributed by atoms with Gasteiger partial charge < -0.3 is 0 Å². The molecule has 3 unspecified atom stereocenters. The quantitative estimate of drug-likeness (QED) is 0.227. The predicted octanol–water partition coefficient (Wildman–Crippen LogP) is 9.22. The zero-order chi connectivity index (χ0) is 25.9. The monoisotopic (exact) mass is 517 g/mol. The van der Waals surface area contributed by atoms with Crippen molar-refractivity contribution in [3.8, 4) is 0 Å². The Kier molecular flexibility index (Phi) is 4.29. The van der Waals surface area contributed by atoms with Crippen molar-refractivity contribution in [1.29, 1.82) is 0 Å². The SMILES string of the molecule is CCC1=Nc2cccc3c2C1c1c(cccc1C1C=Cc2c4c(c5cccc6cccc2c65)=CC=CC41C)S3. The fourth-order valence-corrected chi connectivity index (χ4v) is 9.18. The van der Waals surface area contributed by atoms with E-state index in [1.54, 1.807) is 0 Å². The number of aliphatic imine (C=N–C) groups is 1. The second-order valence-corrected chi connectivity index (χ2v) is 12.6. The van der Waals surface area contributed by atoms with Crippen LogP contribution in [0.5, 0.6) is 0 Å². The van der Waals surface area contributed by atoms with Crippen molar-refractivity contribution < 1.29 is 0 Å². The van der Waals surface area contributed by atoms with Crippen LogP contribution >= 0.6 is 11.8 Å². The summed E-state index contributed by atoms with van der Waals surface area (Å²) in [6.07, 6.45) is 13.0. The number of hydrogen-bond donors (Lipinski definition) is 0. The van der Waals surface area contributed by atoms with Gasteiger partial charge >= 0.3 is 0 Å². The third-order valence-corrected chi connectivity index (χ3v) is 10.8. The molecule has 2 heteroatoms. The van der Waals surface area contributed by atoms with E-state index < -0.39 is 0 Å². The summed E-state index contributed by atoms with van der Waals surface area (Å²) in [5.41, 5.74) is 9.52. The van der Waals surface area contributed by atoms with Gasteiger partial charge in [-0.25, -0.2) is 0 Å². The summed E-state index contributed by atoms with van der Waals surface area (Å²) in [7, 11) is 0. The molecule has 2 aliphatic carbocycles. The number of benzene rings is 5. The van der Waals surface area contributed by atoms with Crippen molar-refractivity contribution in [3.63, 3.8) is 0 Å². The molecule has 186 valence electrons. The normalized spacial score (nSPS) is 23.4. The summed E-state index contributed by atoms with van der Waals surface area (Å²) in [6, 6.07) is 27.2. The minimum atomic E-state index is -0.147. The van der Waals surface area contributed by atoms with Gasteiger partial charge in [-0.05, 0) is 73.6 Å². The Morgan fingerprint density at radius 3 is 2.49 bits per heavy atom. The molecule has 0 saturated heterocycles. The Morgan fingerprint density at radius 1 is 0.872 bits per heavy atom. The maximum atomic E-state index is 5.15. The van der Waals surface area contributed by atoms with Crippen molar-refractivity contribution in [3.05, 3.63) is 124 Å². The van der Waals surface area contributed by atoms with E-state index in [0.717, 1.165) is 12.1 Å². The first kappa shape index (κ1) is 22.0. The molecule has 0 aromatic heterocycles. The lowest BCUT2D eigenvalue weighted by Crippen LogP contribution is -2.38. The smallest absolute Gasteiger partial charge is 0.0682 e. The molecule has 0 bridgehead atoms. The molecule has 1 nitrogen and oxygen atoms in total. The molecule has 0 radical (unpaired) electrons. The van der Waals surface area contributed by atoms with Crippen LogP contribution in [0.4, 0.5) is 5.69 Å². The highest BCUT2D eigenvalue weighted by Gasteiger charge is 2.44. The largest absolute Gasteiger partial charge is 0.256 e. The van der Waals surface area contributed by atoms with Gasteiger partial charge in [0.2, 0.25) is 0 Å². The molecule has 2 aliphatic heterocycles. The van der Waals surface area contributed by atoms with Gasteiger partial charge in [0.1, 0.15) is 0 Å². The van der Waals surface area contributed by atoms with Crippen molar-refractivity contribution in [2.24, 2.45) is 4.99 Å². The highest BCUT2D eigenvalue weighted by molar-refractivity contribution is 7.99. The van der Waals surface area contributed by atoms with Gasteiger partial charge in [0.05, 0.1) is 11.6 Å². The summed E-state index contributed by atoms with van der Waals surface area (Å²) in [5, 5.41) is 6.83. The lowest BCUT2D eigenvalue weighted by molar-refractivity contribution is 0.517. The topological polar surface area (TPSA) is 12.4 Å². The molecule has 0 N–H and O–H groups in total. The van der Waals surface area contributed by atoms with E-state index in [-0.39, 0.29) is 17.3 Å². The highest BCUT2D eigenvalue weighted by atomic mass is 32.2. The van der Waals surface area contributed by atoms with E-state index in [2.05, 4.69) is 117 Å². The molecule has 5 aromatic rings. The minimum Gasteiger partial charge on any atom is -0.256 e. The van der Waals surface area contributed by atoms with Crippen LogP contribution in [0.3, 0.4) is 0 Å². The molecule has 5 aromatic carbocycles. The maximum absolute atomic E-state index is 5.15. The van der Waals surface area contributed by atoms with E-state index in [1.807, 2.05) is 11.8 Å². The maximum Gasteiger partial charge on any atom is 0.0682 e. The van der Waals surface area contributed by atoms with Crippen LogP contribution in [0, 0.1) is 0 Å². The van der Waals surface area contributed by atoms with Gasteiger partial charge in [0.15, 0.2) is 0 Å². The van der Waals surface area contributed by atoms with Crippen LogP contribution in [0.15, 0.2) is 106 Å². The molecular formula is C37H27NS. The highest BCUT2D eigenvalue weighted by Crippen LogP contribution is 2.57. The summed E-state index contributed by atoms with van der Waals surface area (Å²) in [4.78, 5) is 7.90. The van der Waals surface area contributed by atoms with Gasteiger partial charge in [-0.3, -0.25) is 4.99 Å². The first-order valence-corrected chi connectivity index (χ1v) is 14.9. The molecule has 39 heavy (non-hydrogen) atoms. The van der Waals surface area contributed by atoms with Crippen LogP contribution in [0.2, 0.25) is 0 Å². The van der Waals surface area contributed by atoms with Gasteiger partial charge in [-0.1, -0.05) is 111 Å². The minimum absolute atomic E-state index is 0.147. The Hall–Kier alpha value is -3.88. The van der Waals surface area contributed by atoms with Crippen LogP contribution in [0.25, 0.3) is 33.7 Å². The van der Waals surface area contributed by atoms with Crippen molar-refractivity contribution in [2.45, 2.75) is 47.3 Å². The zero-order valence-corrected chi connectivity index (χ0v) is 22.8. The van der Waals surface area contributed by atoms with E-state index in [1.165, 1.54) is 70.1 Å². The summed E-state index contributed by atoms with van der Waals surface area (Å²) in [5.74, 6) is 0.494. The zero-order valence-electron chi connectivity index (χ0n) is 22.0. The molecule has 0 amide bonds. The van der Waals surface area contributed by atoms with Crippen LogP contribution in [-0.4, -0.2) is 5.71 Å². The lowest BCUT2D eigenvalue weighted by Gasteiger charge is -2.42. The fraction of sp³-hybridized carbons (Fsp3) is 0.162. The third-order valence-electron chi connectivity index (χ3n) is 9.60. The fourth-order valence-electron chi connectivity index (χ4n) is 7.97. The summed E-state index contributed by atoms with van der Waals surface area (Å²) in [6.45, 7) is 4.72. The van der Waals surface area contributed by atoms with E-state index >= 15 is 0 Å². The van der Waals surface area contributed by atoms with Gasteiger partial charge in [0, 0.05) is 32.4 Å². The Morgan fingerprint density at radius 2 is 1.64 bits per heavy atom. The predicted molar refractivity (Wildman–Crippen MR) is 166 cm³/mol.